The van der Waals surface area contributed by atoms with E-state index in [4.69, 9.17) is 9.06 Å². The van der Waals surface area contributed by atoms with Gasteiger partial charge in [0.15, 0.2) is 10.0 Å². The number of Topliss-reactive ketones (excluding diaryl/α,β-unsaturated/α-hetero) is 1. The van der Waals surface area contributed by atoms with Crippen LogP contribution < -0.4 is 0 Å². The molecule has 3 aliphatic rings. The van der Waals surface area contributed by atoms with Crippen LogP contribution in [0.5, 0.6) is 0 Å². The highest BCUT2D eigenvalue weighted by Crippen LogP contribution is 2.59. The summed E-state index contributed by atoms with van der Waals surface area (Å²) in [5.41, 5.74) is -0.304. The van der Waals surface area contributed by atoms with E-state index in [1.165, 1.54) is 12.8 Å². The minimum Gasteiger partial charge on any atom is -0.299 e. The van der Waals surface area contributed by atoms with E-state index in [1.807, 2.05) is 12.1 Å². The summed E-state index contributed by atoms with van der Waals surface area (Å²) < 4.78 is 27.8. The van der Waals surface area contributed by atoms with Crippen molar-refractivity contribution in [2.75, 3.05) is 11.5 Å². The van der Waals surface area contributed by atoms with Gasteiger partial charge in [0.05, 0.1) is 16.9 Å². The summed E-state index contributed by atoms with van der Waals surface area (Å²) in [7, 11) is -3.93. The Bertz CT molecular complexity index is 1450. The molecule has 0 saturated heterocycles. The zero-order valence-electron chi connectivity index (χ0n) is 23.9. The molecule has 2 aromatic carbocycles. The van der Waals surface area contributed by atoms with E-state index >= 15 is 0 Å². The number of amides is 2. The number of hydrogen-bond acceptors (Lipinski definition) is 7. The van der Waals surface area contributed by atoms with Gasteiger partial charge in [-0.05, 0) is 66.5 Å². The van der Waals surface area contributed by atoms with Crippen molar-refractivity contribution in [2.45, 2.75) is 77.5 Å². The number of carbonyl (C=O) groups excluding carboxylic acids is 3. The molecule has 216 valence electrons. The van der Waals surface area contributed by atoms with Crippen LogP contribution in [-0.4, -0.2) is 38.4 Å². The van der Waals surface area contributed by atoms with Gasteiger partial charge in [-0.3, -0.25) is 14.4 Å². The Morgan fingerprint density at radius 3 is 2.58 bits per heavy atom. The number of fused-ring (bicyclic) bond motifs is 2. The summed E-state index contributed by atoms with van der Waals surface area (Å²) in [6.45, 7) is 8.51. The van der Waals surface area contributed by atoms with Crippen LogP contribution in [0.4, 0.5) is 0 Å². The maximum atomic E-state index is 13.7. The number of benzene rings is 2. The van der Waals surface area contributed by atoms with Crippen molar-refractivity contribution in [2.24, 2.45) is 29.1 Å². The molecule has 2 saturated carbocycles. The second-order valence-corrected chi connectivity index (χ2v) is 15.0. The fourth-order valence-electron chi connectivity index (χ4n) is 7.47. The Kier molecular flexibility index (Phi) is 8.21. The topological polar surface area (TPSA) is 105 Å². The van der Waals surface area contributed by atoms with Gasteiger partial charge in [-0.25, -0.2) is 8.99 Å². The molecule has 2 bridgehead atoms. The van der Waals surface area contributed by atoms with Crippen molar-refractivity contribution in [3.8, 4) is 0 Å². The normalized spacial score (nSPS) is 26.2. The molecule has 0 radical (unpaired) electrons. The smallest absolute Gasteiger partial charge is 0.286 e. The summed E-state index contributed by atoms with van der Waals surface area (Å²) in [4.78, 5) is 41.2. The van der Waals surface area contributed by atoms with E-state index in [9.17, 15) is 18.6 Å². The highest BCUT2D eigenvalue weighted by molar-refractivity contribution is 7.99. The van der Waals surface area contributed by atoms with Crippen LogP contribution in [0.25, 0.3) is 10.8 Å². The molecule has 1 aliphatic heterocycles. The maximum Gasteiger partial charge on any atom is 0.286 e. The monoisotopic (exact) mass is 584 g/mol. The molecule has 5 atom stereocenters. The maximum absolute atomic E-state index is 13.7. The van der Waals surface area contributed by atoms with E-state index < -0.39 is 27.2 Å². The number of nitrogens with one attached hydrogen (secondary N) is 1. The highest BCUT2D eigenvalue weighted by atomic mass is 32.2. The lowest BCUT2D eigenvalue weighted by atomic mass is 9.75. The van der Waals surface area contributed by atoms with Crippen molar-refractivity contribution >= 4 is 50.1 Å². The van der Waals surface area contributed by atoms with E-state index in [0.29, 0.717) is 34.8 Å². The van der Waals surface area contributed by atoms with Crippen LogP contribution in [0, 0.1) is 33.9 Å². The van der Waals surface area contributed by atoms with Gasteiger partial charge in [0.2, 0.25) is 0 Å². The highest BCUT2D eigenvalue weighted by Gasteiger charge is 2.61. The van der Waals surface area contributed by atoms with Crippen LogP contribution in [0.2, 0.25) is 0 Å². The number of imide groups is 1. The van der Waals surface area contributed by atoms with Crippen LogP contribution in [0.1, 0.15) is 93.4 Å². The average Bonchev–Trinajstić information content (AvgIpc) is 3.40. The molecule has 2 aromatic rings. The summed E-state index contributed by atoms with van der Waals surface area (Å²) in [6, 6.07) is 9.08. The number of unbranched alkanes of at least 4 members (excludes halogenated alkanes) is 1. The van der Waals surface area contributed by atoms with Crippen molar-refractivity contribution in [3.05, 3.63) is 41.5 Å². The first-order valence-electron chi connectivity index (χ1n) is 14.6. The first kappa shape index (κ1) is 29.3. The summed E-state index contributed by atoms with van der Waals surface area (Å²) in [6.07, 6.45) is 6.48. The first-order valence-corrected chi connectivity index (χ1v) is 17.2. The molecule has 5 unspecified atom stereocenters. The zero-order valence-corrected chi connectivity index (χ0v) is 25.5. The molecule has 1 heterocycles. The number of rotatable bonds is 12. The number of ketones is 1. The second kappa shape index (κ2) is 11.2. The first-order chi connectivity index (χ1) is 19.0. The van der Waals surface area contributed by atoms with Crippen molar-refractivity contribution < 1.29 is 22.9 Å². The number of carbonyl (C=O) groups is 3. The summed E-state index contributed by atoms with van der Waals surface area (Å²) in [5.74, 6) is 0.266. The molecule has 7 nitrogen and oxygen atoms in total. The molecule has 0 aromatic heterocycles. The minimum atomic E-state index is -3.93. The Balaban J connectivity index is 1.42. The largest absolute Gasteiger partial charge is 0.299 e. The van der Waals surface area contributed by atoms with Gasteiger partial charge in [-0.1, -0.05) is 59.1 Å². The van der Waals surface area contributed by atoms with Gasteiger partial charge in [-0.2, -0.15) is 4.28 Å². The van der Waals surface area contributed by atoms with Crippen molar-refractivity contribution in [3.63, 3.8) is 0 Å². The van der Waals surface area contributed by atoms with E-state index in [0.717, 1.165) is 35.3 Å². The molecular weight excluding hydrogens is 544 g/mol. The van der Waals surface area contributed by atoms with E-state index in [-0.39, 0.29) is 34.9 Å². The van der Waals surface area contributed by atoms with Crippen LogP contribution in [0.3, 0.4) is 0 Å². The van der Waals surface area contributed by atoms with E-state index in [2.05, 4.69) is 27.7 Å². The Labute approximate surface area is 241 Å². The Morgan fingerprint density at radius 2 is 1.90 bits per heavy atom. The van der Waals surface area contributed by atoms with Crippen LogP contribution >= 0.6 is 11.8 Å². The number of thioether (sulfide) groups is 1. The number of hydroxylamine groups is 2. The SMILES string of the molecule is CCCCC(CC)CSc1cc2c3c(cccc3c1)C(=O)N(OS(=N)(=O)CC13CCC(CC1=O)C3C(C)C)C2=O. The van der Waals surface area contributed by atoms with Gasteiger partial charge < -0.3 is 0 Å². The second-order valence-electron chi connectivity index (χ2n) is 12.2. The molecule has 1 N–H and O–H groups in total. The molecular formula is C31H40N2O5S2. The predicted molar refractivity (Wildman–Crippen MR) is 158 cm³/mol. The minimum absolute atomic E-state index is 0.0286. The average molecular weight is 585 g/mol. The number of nitrogens with zero attached hydrogens (tertiary/aromatic N) is 1. The molecule has 2 fully saturated rings. The molecule has 9 heteroatoms. The van der Waals surface area contributed by atoms with Crippen LogP contribution in [-0.2, 0) is 19.1 Å². The third-order valence-corrected chi connectivity index (χ3v) is 11.8. The van der Waals surface area contributed by atoms with Crippen molar-refractivity contribution in [1.29, 1.82) is 4.78 Å². The molecule has 2 amide bonds. The molecule has 2 aliphatic carbocycles. The molecule has 5 rings (SSSR count). The lowest BCUT2D eigenvalue weighted by molar-refractivity contribution is -0.127. The van der Waals surface area contributed by atoms with Gasteiger partial charge in [0.25, 0.3) is 11.8 Å². The lowest BCUT2D eigenvalue weighted by Gasteiger charge is -2.34. The fourth-order valence-corrected chi connectivity index (χ4v) is 10.3. The third kappa shape index (κ3) is 5.13. The predicted octanol–water partition coefficient (Wildman–Crippen LogP) is 7.28. The summed E-state index contributed by atoms with van der Waals surface area (Å²) >= 11 is 1.70. The third-order valence-electron chi connectivity index (χ3n) is 9.28. The quantitative estimate of drug-likeness (QED) is 0.208. The van der Waals surface area contributed by atoms with Gasteiger partial charge in [0.1, 0.15) is 5.78 Å². The van der Waals surface area contributed by atoms with E-state index in [1.54, 1.807) is 30.0 Å². The number of hydrogen-bond donors (Lipinski definition) is 1. The van der Waals surface area contributed by atoms with Crippen LogP contribution in [0.15, 0.2) is 35.2 Å². The molecule has 40 heavy (non-hydrogen) atoms. The van der Waals surface area contributed by atoms with Crippen molar-refractivity contribution in [1.82, 2.24) is 5.06 Å². The van der Waals surface area contributed by atoms with Gasteiger partial charge in [-0.15, -0.1) is 16.8 Å². The van der Waals surface area contributed by atoms with Gasteiger partial charge in [0, 0.05) is 27.9 Å². The summed E-state index contributed by atoms with van der Waals surface area (Å²) in [5, 5.41) is 1.86. The lowest BCUT2D eigenvalue weighted by Crippen LogP contribution is -2.45. The van der Waals surface area contributed by atoms with Gasteiger partial charge >= 0.3 is 0 Å². The zero-order chi connectivity index (χ0) is 28.8. The molecule has 0 spiro atoms. The standard InChI is InChI=1S/C31H40N2O5S2/c1-5-7-9-20(6-2)17-39-23-14-21-10-8-11-24-27(21)25(16-23)30(36)33(29(24)35)38-40(32,37)18-31-13-12-22(15-26(31)34)28(31)19(3)4/h8,10-11,14,16,19-20,22,28,32H,5-7,9,12-13,15,17-18H2,1-4H3. The Morgan fingerprint density at radius 1 is 1.15 bits per heavy atom. The Hall–Kier alpha value is -2.23. The fraction of sp³-hybridized carbons (Fsp3) is 0.581.